The van der Waals surface area contributed by atoms with Crippen molar-refractivity contribution in [2.24, 2.45) is 0 Å². The summed E-state index contributed by atoms with van der Waals surface area (Å²) >= 11 is 0. The Labute approximate surface area is 142 Å². The summed E-state index contributed by atoms with van der Waals surface area (Å²) in [6, 6.07) is 6.19. The molecule has 1 aliphatic heterocycles. The minimum atomic E-state index is -3.54. The second-order valence-corrected chi connectivity index (χ2v) is 7.65. The zero-order valence-corrected chi connectivity index (χ0v) is 14.6. The smallest absolute Gasteiger partial charge is 0.303 e. The SMILES string of the molecule is COc1ccc(S(=O)(=O)NC2CCN(CCCCC(=O)O)C2)cc1. The number of benzene rings is 1. The van der Waals surface area contributed by atoms with Gasteiger partial charge in [0, 0.05) is 19.0 Å². The first kappa shape index (κ1) is 18.7. The Balaban J connectivity index is 1.81. The molecule has 1 heterocycles. The van der Waals surface area contributed by atoms with Gasteiger partial charge >= 0.3 is 5.97 Å². The number of nitrogens with one attached hydrogen (secondary N) is 1. The molecular weight excluding hydrogens is 332 g/mol. The van der Waals surface area contributed by atoms with E-state index >= 15 is 0 Å². The molecule has 7 nitrogen and oxygen atoms in total. The number of hydrogen-bond acceptors (Lipinski definition) is 5. The standard InChI is InChI=1S/C16H24N2O5S/c1-23-14-5-7-15(8-6-14)24(21,22)17-13-9-11-18(12-13)10-3-2-4-16(19)20/h5-8,13,17H,2-4,9-12H2,1H3,(H,19,20). The highest BCUT2D eigenvalue weighted by Gasteiger charge is 2.26. The minimum absolute atomic E-state index is 0.114. The Hall–Kier alpha value is -1.64. The zero-order chi connectivity index (χ0) is 17.6. The van der Waals surface area contributed by atoms with E-state index < -0.39 is 16.0 Å². The lowest BCUT2D eigenvalue weighted by Crippen LogP contribution is -2.37. The molecule has 1 aromatic carbocycles. The molecule has 0 bridgehead atoms. The van der Waals surface area contributed by atoms with E-state index in [1.807, 2.05) is 0 Å². The number of carboxylic acids is 1. The van der Waals surface area contributed by atoms with E-state index in [4.69, 9.17) is 9.84 Å². The number of likely N-dealkylation sites (tertiary alicyclic amines) is 1. The van der Waals surface area contributed by atoms with Gasteiger partial charge in [0.1, 0.15) is 5.75 Å². The quantitative estimate of drug-likeness (QED) is 0.648. The first-order valence-corrected chi connectivity index (χ1v) is 9.49. The average Bonchev–Trinajstić information content (AvgIpc) is 2.98. The van der Waals surface area contributed by atoms with Crippen LogP contribution in [0.4, 0.5) is 0 Å². The van der Waals surface area contributed by atoms with Crippen molar-refractivity contribution in [1.82, 2.24) is 9.62 Å². The number of sulfonamides is 1. The summed E-state index contributed by atoms with van der Waals surface area (Å²) < 4.78 is 32.6. The van der Waals surface area contributed by atoms with Crippen molar-refractivity contribution in [3.63, 3.8) is 0 Å². The van der Waals surface area contributed by atoms with Gasteiger partial charge in [-0.25, -0.2) is 13.1 Å². The Morgan fingerprint density at radius 3 is 2.67 bits per heavy atom. The topological polar surface area (TPSA) is 95.9 Å². The molecule has 1 fully saturated rings. The summed E-state index contributed by atoms with van der Waals surface area (Å²) in [4.78, 5) is 12.9. The number of methoxy groups -OCH3 is 1. The normalized spacial score (nSPS) is 18.6. The van der Waals surface area contributed by atoms with Gasteiger partial charge in [-0.3, -0.25) is 4.79 Å². The van der Waals surface area contributed by atoms with Crippen molar-refractivity contribution in [3.8, 4) is 5.75 Å². The van der Waals surface area contributed by atoms with Crippen molar-refractivity contribution in [2.45, 2.75) is 36.6 Å². The van der Waals surface area contributed by atoms with Crippen LogP contribution in [-0.2, 0) is 14.8 Å². The summed E-state index contributed by atoms with van der Waals surface area (Å²) in [5.74, 6) is -0.163. The Bertz CT molecular complexity index is 645. The number of ether oxygens (including phenoxy) is 1. The number of rotatable bonds is 9. The third kappa shape index (κ3) is 5.47. The van der Waals surface area contributed by atoms with Gasteiger partial charge in [0.25, 0.3) is 0 Å². The number of carbonyl (C=O) groups is 1. The van der Waals surface area contributed by atoms with Crippen molar-refractivity contribution in [1.29, 1.82) is 0 Å². The zero-order valence-electron chi connectivity index (χ0n) is 13.8. The highest BCUT2D eigenvalue weighted by atomic mass is 32.2. The predicted molar refractivity (Wildman–Crippen MR) is 89.6 cm³/mol. The van der Waals surface area contributed by atoms with E-state index in [1.54, 1.807) is 12.1 Å². The fraction of sp³-hybridized carbons (Fsp3) is 0.562. The molecule has 2 rings (SSSR count). The van der Waals surface area contributed by atoms with Crippen molar-refractivity contribution < 1.29 is 23.1 Å². The van der Waals surface area contributed by atoms with Gasteiger partial charge in [0.05, 0.1) is 12.0 Å². The Morgan fingerprint density at radius 2 is 2.04 bits per heavy atom. The van der Waals surface area contributed by atoms with E-state index in [2.05, 4.69) is 9.62 Å². The van der Waals surface area contributed by atoms with E-state index in [-0.39, 0.29) is 17.4 Å². The van der Waals surface area contributed by atoms with Gasteiger partial charge in [-0.05, 0) is 56.6 Å². The van der Waals surface area contributed by atoms with Crippen LogP contribution in [0.1, 0.15) is 25.7 Å². The number of aliphatic carboxylic acids is 1. The van der Waals surface area contributed by atoms with Crippen LogP contribution in [-0.4, -0.2) is 57.2 Å². The second-order valence-electron chi connectivity index (χ2n) is 5.93. The molecule has 0 amide bonds. The van der Waals surface area contributed by atoms with E-state index in [0.29, 0.717) is 18.7 Å². The molecule has 2 N–H and O–H groups in total. The molecule has 1 aliphatic rings. The highest BCUT2D eigenvalue weighted by Crippen LogP contribution is 2.18. The third-order valence-electron chi connectivity index (χ3n) is 4.08. The fourth-order valence-electron chi connectivity index (χ4n) is 2.79. The lowest BCUT2D eigenvalue weighted by molar-refractivity contribution is -0.137. The van der Waals surface area contributed by atoms with Crippen molar-refractivity contribution >= 4 is 16.0 Å². The second kappa shape index (κ2) is 8.46. The van der Waals surface area contributed by atoms with Crippen LogP contribution in [0.15, 0.2) is 29.2 Å². The van der Waals surface area contributed by atoms with Crippen LogP contribution < -0.4 is 9.46 Å². The average molecular weight is 356 g/mol. The Kier molecular flexibility index (Phi) is 6.59. The van der Waals surface area contributed by atoms with Crippen LogP contribution in [0.2, 0.25) is 0 Å². The predicted octanol–water partition coefficient (Wildman–Crippen LogP) is 1.30. The number of unbranched alkanes of at least 4 members (excludes halogenated alkanes) is 1. The number of nitrogens with zero attached hydrogens (tertiary/aromatic N) is 1. The molecule has 8 heteroatoms. The molecule has 0 spiro atoms. The lowest BCUT2D eigenvalue weighted by atomic mass is 10.2. The lowest BCUT2D eigenvalue weighted by Gasteiger charge is -2.16. The van der Waals surface area contributed by atoms with E-state index in [0.717, 1.165) is 25.9 Å². The molecule has 1 unspecified atom stereocenters. The minimum Gasteiger partial charge on any atom is -0.497 e. The molecule has 1 aromatic rings. The van der Waals surface area contributed by atoms with Gasteiger partial charge < -0.3 is 14.7 Å². The summed E-state index contributed by atoms with van der Waals surface area (Å²) in [5.41, 5.74) is 0. The summed E-state index contributed by atoms with van der Waals surface area (Å²) in [5, 5.41) is 8.62. The molecule has 0 aromatic heterocycles. The summed E-state index contributed by atoms with van der Waals surface area (Å²) in [7, 11) is -2.01. The molecule has 1 atom stereocenters. The maximum atomic E-state index is 12.4. The maximum absolute atomic E-state index is 12.4. The molecular formula is C16H24N2O5S. The van der Waals surface area contributed by atoms with Gasteiger partial charge in [-0.15, -0.1) is 0 Å². The first-order chi connectivity index (χ1) is 11.4. The van der Waals surface area contributed by atoms with Crippen molar-refractivity contribution in [3.05, 3.63) is 24.3 Å². The van der Waals surface area contributed by atoms with Gasteiger partial charge in [0.2, 0.25) is 10.0 Å². The van der Waals surface area contributed by atoms with Crippen LogP contribution >= 0.6 is 0 Å². The summed E-state index contributed by atoms with van der Waals surface area (Å²) in [6.07, 6.45) is 2.40. The number of hydrogen-bond donors (Lipinski definition) is 2. The molecule has 1 saturated heterocycles. The fourth-order valence-corrected chi connectivity index (χ4v) is 4.05. The van der Waals surface area contributed by atoms with Gasteiger partial charge in [-0.2, -0.15) is 0 Å². The largest absolute Gasteiger partial charge is 0.497 e. The van der Waals surface area contributed by atoms with Crippen LogP contribution in [0, 0.1) is 0 Å². The van der Waals surface area contributed by atoms with Gasteiger partial charge in [-0.1, -0.05) is 0 Å². The summed E-state index contributed by atoms with van der Waals surface area (Å²) in [6.45, 7) is 2.28. The molecule has 0 radical (unpaired) electrons. The molecule has 0 saturated carbocycles. The van der Waals surface area contributed by atoms with Gasteiger partial charge in [0.15, 0.2) is 0 Å². The van der Waals surface area contributed by atoms with Crippen LogP contribution in [0.25, 0.3) is 0 Å². The molecule has 24 heavy (non-hydrogen) atoms. The Morgan fingerprint density at radius 1 is 1.33 bits per heavy atom. The molecule has 134 valence electrons. The van der Waals surface area contributed by atoms with Crippen LogP contribution in [0.3, 0.4) is 0 Å². The van der Waals surface area contributed by atoms with E-state index in [1.165, 1.54) is 19.2 Å². The van der Waals surface area contributed by atoms with E-state index in [9.17, 15) is 13.2 Å². The highest BCUT2D eigenvalue weighted by molar-refractivity contribution is 7.89. The third-order valence-corrected chi connectivity index (χ3v) is 5.62. The maximum Gasteiger partial charge on any atom is 0.303 e. The molecule has 0 aliphatic carbocycles. The van der Waals surface area contributed by atoms with Crippen LogP contribution in [0.5, 0.6) is 5.75 Å². The number of carboxylic acid groups (broad SMARTS) is 1. The van der Waals surface area contributed by atoms with Crippen molar-refractivity contribution in [2.75, 3.05) is 26.7 Å². The first-order valence-electron chi connectivity index (χ1n) is 8.01. The monoisotopic (exact) mass is 356 g/mol.